The first-order valence-corrected chi connectivity index (χ1v) is 10.2. The van der Waals surface area contributed by atoms with Gasteiger partial charge in [-0.3, -0.25) is 0 Å². The van der Waals surface area contributed by atoms with Crippen LogP contribution in [0.2, 0.25) is 0 Å². The number of benzene rings is 1. The molecule has 0 amide bonds. The zero-order valence-corrected chi connectivity index (χ0v) is 15.8. The molecule has 3 nitrogen and oxygen atoms in total. The van der Waals surface area contributed by atoms with Gasteiger partial charge in [-0.05, 0) is 43.1 Å². The molecule has 0 fully saturated rings. The van der Waals surface area contributed by atoms with E-state index in [-0.39, 0.29) is 17.5 Å². The van der Waals surface area contributed by atoms with E-state index in [1.54, 1.807) is 6.92 Å². The molecule has 0 aliphatic carbocycles. The van der Waals surface area contributed by atoms with Gasteiger partial charge in [0.1, 0.15) is 9.84 Å². The van der Waals surface area contributed by atoms with Gasteiger partial charge in [-0.1, -0.05) is 45.7 Å². The molecule has 1 N–H and O–H groups in total. The highest BCUT2D eigenvalue weighted by Gasteiger charge is 2.15. The molecule has 0 spiro atoms. The molecule has 1 aromatic carbocycles. The largest absolute Gasteiger partial charge is 0.310 e. The molecule has 0 radical (unpaired) electrons. The third-order valence-corrected chi connectivity index (χ3v) is 6.18. The van der Waals surface area contributed by atoms with Crippen LogP contribution in [0.3, 0.4) is 0 Å². The molecule has 20 heavy (non-hydrogen) atoms. The molecule has 0 bridgehead atoms. The minimum Gasteiger partial charge on any atom is -0.310 e. The molecule has 1 atom stereocenters. The Labute approximate surface area is 138 Å². The molecule has 0 heterocycles. The number of rotatable bonds is 8. The zero-order valence-electron chi connectivity index (χ0n) is 11.8. The van der Waals surface area contributed by atoms with Crippen molar-refractivity contribution in [3.63, 3.8) is 0 Å². The lowest BCUT2D eigenvalue weighted by atomic mass is 10.0. The Morgan fingerprint density at radius 3 is 2.55 bits per heavy atom. The third-order valence-electron chi connectivity index (χ3n) is 3.17. The maximum absolute atomic E-state index is 11.6. The van der Waals surface area contributed by atoms with Crippen molar-refractivity contribution < 1.29 is 8.42 Å². The van der Waals surface area contributed by atoms with Gasteiger partial charge in [-0.25, -0.2) is 8.42 Å². The fraction of sp³-hybridized carbons (Fsp3) is 0.571. The van der Waals surface area contributed by atoms with E-state index in [1.807, 2.05) is 12.1 Å². The standard InChI is InChI=1S/C14H21Br2NO2S/c1-3-17-14(6-5-9-20(18,19)4-2)12-10-11(15)7-8-13(12)16/h7-8,10,14,17H,3-6,9H2,1-2H3. The van der Waals surface area contributed by atoms with Crippen molar-refractivity contribution in [1.82, 2.24) is 5.32 Å². The summed E-state index contributed by atoms with van der Waals surface area (Å²) in [5, 5.41) is 3.43. The molecular formula is C14H21Br2NO2S. The summed E-state index contributed by atoms with van der Waals surface area (Å²) in [4.78, 5) is 0. The van der Waals surface area contributed by atoms with Crippen LogP contribution in [0.25, 0.3) is 0 Å². The first-order chi connectivity index (χ1) is 9.39. The summed E-state index contributed by atoms with van der Waals surface area (Å²) in [6.45, 7) is 4.60. The van der Waals surface area contributed by atoms with Crippen LogP contribution in [0.5, 0.6) is 0 Å². The second kappa shape index (κ2) is 8.51. The van der Waals surface area contributed by atoms with Gasteiger partial charge in [0.25, 0.3) is 0 Å². The minimum absolute atomic E-state index is 0.166. The summed E-state index contributed by atoms with van der Waals surface area (Å²) in [7, 11) is -2.88. The molecule has 1 rings (SSSR count). The number of hydrogen-bond donors (Lipinski definition) is 1. The van der Waals surface area contributed by atoms with E-state index in [0.29, 0.717) is 6.42 Å². The molecule has 6 heteroatoms. The van der Waals surface area contributed by atoms with Crippen LogP contribution in [-0.4, -0.2) is 26.5 Å². The quantitative estimate of drug-likeness (QED) is 0.681. The average Bonchev–Trinajstić information content (AvgIpc) is 2.40. The van der Waals surface area contributed by atoms with E-state index in [0.717, 1.165) is 27.5 Å². The smallest absolute Gasteiger partial charge is 0.150 e. The third kappa shape index (κ3) is 5.84. The maximum atomic E-state index is 11.6. The molecule has 114 valence electrons. The fourth-order valence-electron chi connectivity index (χ4n) is 2.05. The highest BCUT2D eigenvalue weighted by Crippen LogP contribution is 2.29. The SMILES string of the molecule is CCNC(CCCS(=O)(=O)CC)c1cc(Br)ccc1Br. The van der Waals surface area contributed by atoms with Gasteiger partial charge < -0.3 is 5.32 Å². The number of hydrogen-bond acceptors (Lipinski definition) is 3. The highest BCUT2D eigenvalue weighted by atomic mass is 79.9. The molecule has 0 saturated heterocycles. The van der Waals surface area contributed by atoms with Gasteiger partial charge in [0.05, 0.1) is 5.75 Å². The van der Waals surface area contributed by atoms with Crippen molar-refractivity contribution >= 4 is 41.7 Å². The topological polar surface area (TPSA) is 46.2 Å². The van der Waals surface area contributed by atoms with Crippen molar-refractivity contribution in [2.75, 3.05) is 18.1 Å². The van der Waals surface area contributed by atoms with Gasteiger partial charge >= 0.3 is 0 Å². The Kier molecular flexibility index (Phi) is 7.72. The lowest BCUT2D eigenvalue weighted by Gasteiger charge is -2.20. The van der Waals surface area contributed by atoms with E-state index in [4.69, 9.17) is 0 Å². The second-order valence-electron chi connectivity index (χ2n) is 4.65. The molecule has 0 aliphatic heterocycles. The van der Waals surface area contributed by atoms with E-state index < -0.39 is 9.84 Å². The van der Waals surface area contributed by atoms with Crippen molar-refractivity contribution in [3.05, 3.63) is 32.7 Å². The normalized spacial score (nSPS) is 13.4. The summed E-state index contributed by atoms with van der Waals surface area (Å²) in [6, 6.07) is 6.23. The van der Waals surface area contributed by atoms with Gasteiger partial charge in [-0.15, -0.1) is 0 Å². The average molecular weight is 427 g/mol. The minimum atomic E-state index is -2.88. The van der Waals surface area contributed by atoms with Crippen LogP contribution >= 0.6 is 31.9 Å². The van der Waals surface area contributed by atoms with E-state index in [9.17, 15) is 8.42 Å². The summed E-state index contributed by atoms with van der Waals surface area (Å²) in [6.07, 6.45) is 1.48. The first-order valence-electron chi connectivity index (χ1n) is 6.78. The van der Waals surface area contributed by atoms with Gasteiger partial charge in [0.2, 0.25) is 0 Å². The van der Waals surface area contributed by atoms with Crippen molar-refractivity contribution in [1.29, 1.82) is 0 Å². The number of sulfone groups is 1. The summed E-state index contributed by atoms with van der Waals surface area (Å²) < 4.78 is 25.2. The maximum Gasteiger partial charge on any atom is 0.150 e. The van der Waals surface area contributed by atoms with Crippen LogP contribution in [0.4, 0.5) is 0 Å². The molecular weight excluding hydrogens is 406 g/mol. The zero-order chi connectivity index (χ0) is 15.2. The molecule has 0 aromatic heterocycles. The first kappa shape index (κ1) is 18.1. The Hall–Kier alpha value is 0.0900. The Morgan fingerprint density at radius 2 is 1.95 bits per heavy atom. The molecule has 0 saturated carbocycles. The Morgan fingerprint density at radius 1 is 1.25 bits per heavy atom. The molecule has 0 aliphatic rings. The molecule has 1 aromatic rings. The summed E-state index contributed by atoms with van der Waals surface area (Å²) in [5.41, 5.74) is 1.16. The summed E-state index contributed by atoms with van der Waals surface area (Å²) in [5.74, 6) is 0.483. The van der Waals surface area contributed by atoms with E-state index in [2.05, 4.69) is 50.2 Å². The van der Waals surface area contributed by atoms with E-state index >= 15 is 0 Å². The van der Waals surface area contributed by atoms with Crippen LogP contribution in [-0.2, 0) is 9.84 Å². The monoisotopic (exact) mass is 425 g/mol. The van der Waals surface area contributed by atoms with Crippen LogP contribution in [0.15, 0.2) is 27.1 Å². The number of nitrogens with one attached hydrogen (secondary N) is 1. The number of halogens is 2. The predicted molar refractivity (Wildman–Crippen MR) is 91.8 cm³/mol. The fourth-order valence-corrected chi connectivity index (χ4v) is 3.84. The lowest BCUT2D eigenvalue weighted by molar-refractivity contribution is 0.505. The summed E-state index contributed by atoms with van der Waals surface area (Å²) >= 11 is 7.05. The van der Waals surface area contributed by atoms with Crippen molar-refractivity contribution in [2.24, 2.45) is 0 Å². The van der Waals surface area contributed by atoms with Gasteiger partial charge in [0, 0.05) is 20.7 Å². The van der Waals surface area contributed by atoms with Crippen molar-refractivity contribution in [3.8, 4) is 0 Å². The van der Waals surface area contributed by atoms with Crippen LogP contribution in [0, 0.1) is 0 Å². The van der Waals surface area contributed by atoms with Crippen LogP contribution in [0.1, 0.15) is 38.3 Å². The Bertz CT molecular complexity index is 532. The van der Waals surface area contributed by atoms with Gasteiger partial charge in [0.15, 0.2) is 0 Å². The van der Waals surface area contributed by atoms with Crippen molar-refractivity contribution in [2.45, 2.75) is 32.7 Å². The lowest BCUT2D eigenvalue weighted by Crippen LogP contribution is -2.22. The molecule has 1 unspecified atom stereocenters. The van der Waals surface area contributed by atoms with E-state index in [1.165, 1.54) is 0 Å². The second-order valence-corrected chi connectivity index (χ2v) is 8.90. The van der Waals surface area contributed by atoms with Gasteiger partial charge in [-0.2, -0.15) is 0 Å². The predicted octanol–water partition coefficient (Wildman–Crippen LogP) is 4.08. The highest BCUT2D eigenvalue weighted by molar-refractivity contribution is 9.11. The van der Waals surface area contributed by atoms with Crippen LogP contribution < -0.4 is 5.32 Å². The Balaban J connectivity index is 2.76.